The van der Waals surface area contributed by atoms with Crippen LogP contribution in [0.4, 0.5) is 13.2 Å². The van der Waals surface area contributed by atoms with Crippen molar-refractivity contribution >= 4 is 23.3 Å². The molecule has 33 heavy (non-hydrogen) atoms. The Balaban J connectivity index is 1.35. The predicted molar refractivity (Wildman–Crippen MR) is 121 cm³/mol. The first-order valence-corrected chi connectivity index (χ1v) is 13.1. The van der Waals surface area contributed by atoms with E-state index in [0.717, 1.165) is 76.3 Å². The van der Waals surface area contributed by atoms with Gasteiger partial charge in [-0.2, -0.15) is 13.2 Å². The number of aromatic nitrogens is 5. The predicted octanol–water partition coefficient (Wildman–Crippen LogP) is 6.34. The van der Waals surface area contributed by atoms with E-state index < -0.39 is 11.7 Å². The molecule has 0 unspecified atom stereocenters. The van der Waals surface area contributed by atoms with Crippen LogP contribution in [0.2, 0.25) is 0 Å². The summed E-state index contributed by atoms with van der Waals surface area (Å²) >= 11 is 2.91. The largest absolute Gasteiger partial charge is 0.416 e. The molecule has 2 aromatic heterocycles. The van der Waals surface area contributed by atoms with E-state index in [1.807, 2.05) is 6.92 Å². The highest BCUT2D eigenvalue weighted by atomic mass is 32.2. The monoisotopic (exact) mass is 491 g/mol. The molecule has 1 aromatic carbocycles. The Morgan fingerprint density at radius 1 is 1.00 bits per heavy atom. The van der Waals surface area contributed by atoms with Gasteiger partial charge in [-0.1, -0.05) is 28.4 Å². The van der Waals surface area contributed by atoms with Crippen molar-refractivity contribution < 1.29 is 13.2 Å². The Kier molecular flexibility index (Phi) is 5.10. The zero-order valence-electron chi connectivity index (χ0n) is 18.2. The summed E-state index contributed by atoms with van der Waals surface area (Å²) in [6, 6.07) is 5.41. The minimum Gasteiger partial charge on any atom is -0.295 e. The fourth-order valence-corrected chi connectivity index (χ4v) is 8.28. The van der Waals surface area contributed by atoms with E-state index in [-0.39, 0.29) is 5.54 Å². The molecule has 4 fully saturated rings. The van der Waals surface area contributed by atoms with Crippen LogP contribution in [-0.2, 0) is 17.5 Å². The number of rotatable bonds is 5. The molecule has 10 heteroatoms. The summed E-state index contributed by atoms with van der Waals surface area (Å²) in [6.07, 6.45) is 3.17. The summed E-state index contributed by atoms with van der Waals surface area (Å²) < 4.78 is 45.2. The fraction of sp³-hybridized carbons (Fsp3) is 0.565. The molecule has 0 amide bonds. The van der Waals surface area contributed by atoms with Gasteiger partial charge in [0.1, 0.15) is 4.88 Å². The lowest BCUT2D eigenvalue weighted by molar-refractivity contribution is -0.137. The molecule has 0 radical (unpaired) electrons. The first-order chi connectivity index (χ1) is 15.8. The minimum absolute atomic E-state index is 0.0203. The zero-order valence-corrected chi connectivity index (χ0v) is 19.8. The van der Waals surface area contributed by atoms with E-state index in [4.69, 9.17) is 0 Å². The van der Waals surface area contributed by atoms with Crippen LogP contribution in [0.5, 0.6) is 0 Å². The summed E-state index contributed by atoms with van der Waals surface area (Å²) in [6.45, 7) is 1.95. The van der Waals surface area contributed by atoms with Crippen LogP contribution in [0.1, 0.15) is 55.3 Å². The molecule has 3 aromatic rings. The fourth-order valence-electron chi connectivity index (χ4n) is 6.65. The van der Waals surface area contributed by atoms with Crippen molar-refractivity contribution in [3.8, 4) is 10.7 Å². The van der Waals surface area contributed by atoms with Crippen molar-refractivity contribution in [3.05, 3.63) is 41.1 Å². The molecule has 5 nitrogen and oxygen atoms in total. The second-order valence-electron chi connectivity index (χ2n) is 9.95. The molecule has 0 N–H and O–H groups in total. The smallest absolute Gasteiger partial charge is 0.295 e. The van der Waals surface area contributed by atoms with Gasteiger partial charge in [0, 0.05) is 11.3 Å². The van der Waals surface area contributed by atoms with Crippen LogP contribution in [0, 0.1) is 24.7 Å². The third kappa shape index (κ3) is 3.79. The van der Waals surface area contributed by atoms with Gasteiger partial charge in [0.2, 0.25) is 0 Å². The number of hydrogen-bond acceptors (Lipinski definition) is 6. The number of thioether (sulfide) groups is 1. The summed E-state index contributed by atoms with van der Waals surface area (Å²) in [7, 11) is 0. The quantitative estimate of drug-likeness (QED) is 0.390. The summed E-state index contributed by atoms with van der Waals surface area (Å²) in [5, 5.41) is 14.2. The van der Waals surface area contributed by atoms with Gasteiger partial charge in [0.05, 0.1) is 11.3 Å². The van der Waals surface area contributed by atoms with Gasteiger partial charge in [-0.05, 0) is 92.4 Å². The van der Waals surface area contributed by atoms with Crippen molar-refractivity contribution in [1.82, 2.24) is 24.4 Å². The normalized spacial score (nSPS) is 28.5. The maximum atomic E-state index is 12.9. The molecule has 174 valence electrons. The number of benzene rings is 1. The Hall–Kier alpha value is -1.94. The lowest BCUT2D eigenvalue weighted by Gasteiger charge is -2.57. The third-order valence-corrected chi connectivity index (χ3v) is 9.44. The van der Waals surface area contributed by atoms with Gasteiger partial charge in [-0.3, -0.25) is 4.57 Å². The van der Waals surface area contributed by atoms with Crippen molar-refractivity contribution in [3.63, 3.8) is 0 Å². The second-order valence-corrected chi connectivity index (χ2v) is 11.7. The van der Waals surface area contributed by atoms with Crippen LogP contribution < -0.4 is 0 Å². The maximum Gasteiger partial charge on any atom is 0.416 e. The van der Waals surface area contributed by atoms with Gasteiger partial charge in [-0.25, -0.2) is 0 Å². The molecule has 4 bridgehead atoms. The number of hydrogen-bond donors (Lipinski definition) is 0. The zero-order chi connectivity index (χ0) is 22.8. The van der Waals surface area contributed by atoms with Crippen molar-refractivity contribution in [2.75, 3.05) is 0 Å². The molecule has 4 saturated carbocycles. The summed E-state index contributed by atoms with van der Waals surface area (Å²) in [4.78, 5) is 0.958. The lowest BCUT2D eigenvalue weighted by Crippen LogP contribution is -2.52. The van der Waals surface area contributed by atoms with Gasteiger partial charge in [0.15, 0.2) is 11.0 Å². The first kappa shape index (κ1) is 21.6. The van der Waals surface area contributed by atoms with E-state index in [2.05, 4.69) is 24.4 Å². The molecule has 0 atom stereocenters. The highest BCUT2D eigenvalue weighted by Crippen LogP contribution is 2.60. The second kappa shape index (κ2) is 7.80. The minimum atomic E-state index is -4.32. The van der Waals surface area contributed by atoms with Gasteiger partial charge in [0.25, 0.3) is 0 Å². The molecule has 7 rings (SSSR count). The number of nitrogens with zero attached hydrogens (tertiary/aromatic N) is 5. The van der Waals surface area contributed by atoms with E-state index >= 15 is 0 Å². The van der Waals surface area contributed by atoms with Crippen molar-refractivity contribution in [2.45, 2.75) is 68.1 Å². The Labute approximate surface area is 198 Å². The van der Waals surface area contributed by atoms with Crippen LogP contribution in [0.15, 0.2) is 29.4 Å². The van der Waals surface area contributed by atoms with E-state index in [0.29, 0.717) is 5.75 Å². The van der Waals surface area contributed by atoms with Crippen LogP contribution in [-0.4, -0.2) is 24.4 Å². The van der Waals surface area contributed by atoms with Crippen molar-refractivity contribution in [1.29, 1.82) is 0 Å². The molecule has 2 heterocycles. The molecule has 0 aliphatic heterocycles. The SMILES string of the molecule is Cc1nnsc1-c1nnc(SCc2ccc(C(F)(F)F)cc2)n1C12CC3CC(CC(C3)C1)C2. The Morgan fingerprint density at radius 3 is 2.18 bits per heavy atom. The topological polar surface area (TPSA) is 56.5 Å². The van der Waals surface area contributed by atoms with Crippen molar-refractivity contribution in [2.24, 2.45) is 17.8 Å². The van der Waals surface area contributed by atoms with Crippen LogP contribution in [0.3, 0.4) is 0 Å². The van der Waals surface area contributed by atoms with Gasteiger partial charge < -0.3 is 0 Å². The average molecular weight is 492 g/mol. The highest BCUT2D eigenvalue weighted by Gasteiger charge is 2.53. The molecular formula is C23H24F3N5S2. The van der Waals surface area contributed by atoms with E-state index in [1.54, 1.807) is 23.9 Å². The van der Waals surface area contributed by atoms with Crippen LogP contribution in [0.25, 0.3) is 10.7 Å². The Bertz CT molecular complexity index is 1130. The molecule has 0 spiro atoms. The van der Waals surface area contributed by atoms with Crippen LogP contribution >= 0.6 is 23.3 Å². The number of halogens is 3. The number of alkyl halides is 3. The average Bonchev–Trinajstić information content (AvgIpc) is 3.37. The molecular weight excluding hydrogens is 467 g/mol. The molecule has 0 saturated heterocycles. The highest BCUT2D eigenvalue weighted by molar-refractivity contribution is 7.98. The third-order valence-electron chi connectivity index (χ3n) is 7.62. The van der Waals surface area contributed by atoms with Gasteiger partial charge >= 0.3 is 6.18 Å². The Morgan fingerprint density at radius 2 is 1.64 bits per heavy atom. The first-order valence-electron chi connectivity index (χ1n) is 11.3. The summed E-state index contributed by atoms with van der Waals surface area (Å²) in [5.74, 6) is 3.68. The molecule has 4 aliphatic carbocycles. The molecule has 4 aliphatic rings. The standard InChI is InChI=1S/C23H24F3N5S2/c1-13-19(33-30-27-13)20-28-29-21(32-12-14-2-4-18(5-3-14)23(24,25)26)31(20)22-9-15-6-16(10-22)8-17(7-15)11-22/h2-5,15-17H,6-12H2,1H3. The maximum absolute atomic E-state index is 12.9. The lowest BCUT2D eigenvalue weighted by atomic mass is 9.53. The van der Waals surface area contributed by atoms with E-state index in [1.165, 1.54) is 30.8 Å². The number of aryl methyl sites for hydroxylation is 1. The van der Waals surface area contributed by atoms with Gasteiger partial charge in [-0.15, -0.1) is 15.3 Å². The van der Waals surface area contributed by atoms with E-state index in [9.17, 15) is 13.2 Å². The summed E-state index contributed by atoms with van der Waals surface area (Å²) in [5.41, 5.74) is 1.10.